The van der Waals surface area contributed by atoms with Crippen molar-refractivity contribution in [1.29, 1.82) is 0 Å². The van der Waals surface area contributed by atoms with Gasteiger partial charge in [0.25, 0.3) is 0 Å². The first kappa shape index (κ1) is 18.9. The summed E-state index contributed by atoms with van der Waals surface area (Å²) in [6.07, 6.45) is 17.1. The first-order valence-corrected chi connectivity index (χ1v) is 10.1. The Morgan fingerprint density at radius 3 is 1.79 bits per heavy atom. The molecule has 0 aromatic heterocycles. The Kier molecular flexibility index (Phi) is 8.80. The SMILES string of the molecule is CCCCCCCCN1C=CN(CCCCC)C1c1ccccc1. The van der Waals surface area contributed by atoms with Crippen LogP contribution in [-0.4, -0.2) is 22.9 Å². The van der Waals surface area contributed by atoms with Gasteiger partial charge in [-0.25, -0.2) is 0 Å². The van der Waals surface area contributed by atoms with E-state index < -0.39 is 0 Å². The van der Waals surface area contributed by atoms with Gasteiger partial charge in [0.1, 0.15) is 6.17 Å². The quantitative estimate of drug-likeness (QED) is 0.414. The Labute approximate surface area is 149 Å². The zero-order chi connectivity index (χ0) is 17.0. The van der Waals surface area contributed by atoms with Crippen molar-refractivity contribution in [3.05, 3.63) is 48.3 Å². The molecule has 24 heavy (non-hydrogen) atoms. The van der Waals surface area contributed by atoms with Crippen LogP contribution in [0.25, 0.3) is 0 Å². The van der Waals surface area contributed by atoms with Crippen LogP contribution < -0.4 is 0 Å². The van der Waals surface area contributed by atoms with Crippen molar-refractivity contribution < 1.29 is 0 Å². The number of benzene rings is 1. The Bertz CT molecular complexity index is 454. The number of hydrogen-bond donors (Lipinski definition) is 0. The minimum Gasteiger partial charge on any atom is -0.352 e. The van der Waals surface area contributed by atoms with Crippen molar-refractivity contribution in [1.82, 2.24) is 9.80 Å². The van der Waals surface area contributed by atoms with Gasteiger partial charge in [0.15, 0.2) is 0 Å². The second kappa shape index (κ2) is 11.2. The van der Waals surface area contributed by atoms with Gasteiger partial charge in [-0.2, -0.15) is 0 Å². The van der Waals surface area contributed by atoms with Crippen molar-refractivity contribution in [2.24, 2.45) is 0 Å². The molecular weight excluding hydrogens is 292 g/mol. The predicted octanol–water partition coefficient (Wildman–Crippen LogP) is 6.32. The summed E-state index contributed by atoms with van der Waals surface area (Å²) in [5, 5.41) is 0. The monoisotopic (exact) mass is 328 g/mol. The molecule has 0 radical (unpaired) electrons. The van der Waals surface area contributed by atoms with Crippen molar-refractivity contribution in [2.75, 3.05) is 13.1 Å². The van der Waals surface area contributed by atoms with Crippen molar-refractivity contribution in [3.63, 3.8) is 0 Å². The average molecular weight is 329 g/mol. The average Bonchev–Trinajstić information content (AvgIpc) is 3.02. The summed E-state index contributed by atoms with van der Waals surface area (Å²) in [5.41, 5.74) is 1.42. The molecule has 2 heteroatoms. The smallest absolute Gasteiger partial charge is 0.127 e. The Balaban J connectivity index is 1.87. The van der Waals surface area contributed by atoms with E-state index in [1.165, 1.54) is 69.9 Å². The van der Waals surface area contributed by atoms with Crippen LogP contribution in [0.3, 0.4) is 0 Å². The van der Waals surface area contributed by atoms with Gasteiger partial charge in [-0.15, -0.1) is 0 Å². The summed E-state index contributed by atoms with van der Waals surface area (Å²) >= 11 is 0. The van der Waals surface area contributed by atoms with E-state index in [1.807, 2.05) is 0 Å². The highest BCUT2D eigenvalue weighted by Gasteiger charge is 2.26. The minimum atomic E-state index is 0.402. The maximum absolute atomic E-state index is 2.54. The van der Waals surface area contributed by atoms with Gasteiger partial charge in [-0.3, -0.25) is 0 Å². The highest BCUT2D eigenvalue weighted by Crippen LogP contribution is 2.31. The van der Waals surface area contributed by atoms with Crippen LogP contribution in [0.15, 0.2) is 42.7 Å². The standard InChI is InChI=1S/C22H36N2/c1-3-5-7-8-9-14-18-24-20-19-23(17-13-6-4-2)22(24)21-15-11-10-12-16-21/h10-12,15-16,19-20,22H,3-9,13-14,17-18H2,1-2H3. The van der Waals surface area contributed by atoms with Crippen molar-refractivity contribution in [2.45, 2.75) is 77.8 Å². The van der Waals surface area contributed by atoms with E-state index >= 15 is 0 Å². The lowest BCUT2D eigenvalue weighted by Crippen LogP contribution is -2.32. The molecule has 0 saturated carbocycles. The summed E-state index contributed by atoms with van der Waals surface area (Å²) in [6.45, 7) is 6.90. The molecule has 1 aliphatic rings. The van der Waals surface area contributed by atoms with E-state index in [-0.39, 0.29) is 0 Å². The van der Waals surface area contributed by atoms with Gasteiger partial charge in [0, 0.05) is 25.5 Å². The topological polar surface area (TPSA) is 6.48 Å². The molecule has 0 saturated heterocycles. The van der Waals surface area contributed by atoms with Crippen LogP contribution in [-0.2, 0) is 0 Å². The second-order valence-electron chi connectivity index (χ2n) is 7.03. The van der Waals surface area contributed by atoms with Crippen molar-refractivity contribution in [3.8, 4) is 0 Å². The van der Waals surface area contributed by atoms with E-state index in [9.17, 15) is 0 Å². The van der Waals surface area contributed by atoms with E-state index in [4.69, 9.17) is 0 Å². The highest BCUT2D eigenvalue weighted by atomic mass is 15.4. The maximum atomic E-state index is 2.54. The van der Waals surface area contributed by atoms with E-state index in [1.54, 1.807) is 0 Å². The minimum absolute atomic E-state index is 0.402. The lowest BCUT2D eigenvalue weighted by atomic mass is 10.1. The molecular formula is C22H36N2. The molecule has 1 atom stereocenters. The molecule has 1 unspecified atom stereocenters. The second-order valence-corrected chi connectivity index (χ2v) is 7.03. The van der Waals surface area contributed by atoms with Crippen LogP contribution in [0.5, 0.6) is 0 Å². The van der Waals surface area contributed by atoms with E-state index in [0.29, 0.717) is 6.17 Å². The molecule has 0 fully saturated rings. The van der Waals surface area contributed by atoms with Gasteiger partial charge >= 0.3 is 0 Å². The third-order valence-corrected chi connectivity index (χ3v) is 4.97. The van der Waals surface area contributed by atoms with Gasteiger partial charge in [-0.1, -0.05) is 89.1 Å². The van der Waals surface area contributed by atoms with Crippen LogP contribution in [0.1, 0.15) is 83.4 Å². The van der Waals surface area contributed by atoms with E-state index in [2.05, 4.69) is 66.4 Å². The first-order valence-electron chi connectivity index (χ1n) is 10.1. The molecule has 0 bridgehead atoms. The zero-order valence-corrected chi connectivity index (χ0v) is 15.8. The predicted molar refractivity (Wildman–Crippen MR) is 105 cm³/mol. The molecule has 1 heterocycles. The number of nitrogens with zero attached hydrogens (tertiary/aromatic N) is 2. The van der Waals surface area contributed by atoms with Crippen LogP contribution >= 0.6 is 0 Å². The molecule has 0 aliphatic carbocycles. The number of hydrogen-bond acceptors (Lipinski definition) is 2. The fourth-order valence-corrected chi connectivity index (χ4v) is 3.55. The van der Waals surface area contributed by atoms with Crippen LogP contribution in [0.2, 0.25) is 0 Å². The largest absolute Gasteiger partial charge is 0.352 e. The molecule has 134 valence electrons. The van der Waals surface area contributed by atoms with E-state index in [0.717, 1.165) is 6.54 Å². The fourth-order valence-electron chi connectivity index (χ4n) is 3.55. The van der Waals surface area contributed by atoms with Crippen molar-refractivity contribution >= 4 is 0 Å². The lowest BCUT2D eigenvalue weighted by Gasteiger charge is -2.33. The Hall–Kier alpha value is -1.44. The van der Waals surface area contributed by atoms with Gasteiger partial charge in [-0.05, 0) is 18.4 Å². The maximum Gasteiger partial charge on any atom is 0.127 e. The highest BCUT2D eigenvalue weighted by molar-refractivity contribution is 5.21. The number of unbranched alkanes of at least 4 members (excludes halogenated alkanes) is 7. The van der Waals surface area contributed by atoms with Gasteiger partial charge in [0.05, 0.1) is 0 Å². The molecule has 0 spiro atoms. The molecule has 1 aromatic rings. The molecule has 1 aromatic carbocycles. The third kappa shape index (κ3) is 5.89. The fraction of sp³-hybridized carbons (Fsp3) is 0.636. The third-order valence-electron chi connectivity index (χ3n) is 4.97. The zero-order valence-electron chi connectivity index (χ0n) is 15.8. The summed E-state index contributed by atoms with van der Waals surface area (Å²) in [5.74, 6) is 0. The van der Waals surface area contributed by atoms with Gasteiger partial charge < -0.3 is 9.80 Å². The summed E-state index contributed by atoms with van der Waals surface area (Å²) in [4.78, 5) is 5.07. The summed E-state index contributed by atoms with van der Waals surface area (Å²) in [6, 6.07) is 11.0. The normalized spacial score (nSPS) is 17.0. The summed E-state index contributed by atoms with van der Waals surface area (Å²) < 4.78 is 0. The Morgan fingerprint density at radius 1 is 0.667 bits per heavy atom. The number of rotatable bonds is 12. The Morgan fingerprint density at radius 2 is 1.17 bits per heavy atom. The summed E-state index contributed by atoms with van der Waals surface area (Å²) in [7, 11) is 0. The first-order chi connectivity index (χ1) is 11.9. The lowest BCUT2D eigenvalue weighted by molar-refractivity contribution is 0.150. The molecule has 2 rings (SSSR count). The van der Waals surface area contributed by atoms with Crippen LogP contribution in [0, 0.1) is 0 Å². The molecule has 1 aliphatic heterocycles. The van der Waals surface area contributed by atoms with Crippen LogP contribution in [0.4, 0.5) is 0 Å². The molecule has 0 amide bonds. The molecule has 2 nitrogen and oxygen atoms in total. The molecule has 0 N–H and O–H groups in total. The van der Waals surface area contributed by atoms with Gasteiger partial charge in [0.2, 0.25) is 0 Å².